The van der Waals surface area contributed by atoms with E-state index in [0.717, 1.165) is 57.0 Å². The number of hydrogen-bond donors (Lipinski definition) is 0. The molecule has 2 atom stereocenters. The molecule has 0 saturated carbocycles. The third-order valence-corrected chi connectivity index (χ3v) is 17.5. The van der Waals surface area contributed by atoms with Crippen molar-refractivity contribution in [3.05, 3.63) is 222 Å². The van der Waals surface area contributed by atoms with E-state index < -0.39 is 0 Å². The fraction of sp³-hybridized carbons (Fsp3) is 0.263. The summed E-state index contributed by atoms with van der Waals surface area (Å²) in [6, 6.07) is 67.0. The van der Waals surface area contributed by atoms with Gasteiger partial charge in [0, 0.05) is 40.0 Å². The van der Waals surface area contributed by atoms with Gasteiger partial charge in [-0.1, -0.05) is 231 Å². The van der Waals surface area contributed by atoms with Crippen LogP contribution in [0.3, 0.4) is 0 Å². The minimum absolute atomic E-state index is 0.0480. The Balaban J connectivity index is 0.000000735. The Morgan fingerprint density at radius 2 is 1.01 bits per heavy atom. The Bertz CT molecular complexity index is 3820. The van der Waals surface area contributed by atoms with E-state index in [1.165, 1.54) is 114 Å². The lowest BCUT2D eigenvalue weighted by atomic mass is 9.60. The lowest BCUT2D eigenvalue weighted by molar-refractivity contribution is 0.350. The highest BCUT2D eigenvalue weighted by Gasteiger charge is 2.45. The highest BCUT2D eigenvalue weighted by molar-refractivity contribution is 6.19. The first-order valence-corrected chi connectivity index (χ1v) is 29.1. The van der Waals surface area contributed by atoms with Crippen molar-refractivity contribution in [1.82, 2.24) is 0 Å². The number of para-hydroxylation sites is 2. The number of hydrogen-bond acceptors (Lipinski definition) is 3. The van der Waals surface area contributed by atoms with Gasteiger partial charge in [-0.25, -0.2) is 0 Å². The smallest absolute Gasteiger partial charge is 0.143 e. The normalized spacial score (nSPS) is 16.2. The summed E-state index contributed by atoms with van der Waals surface area (Å²) in [6.45, 7) is 30.9. The molecule has 3 nitrogen and oxygen atoms in total. The molecular formula is C76H80N2O. The molecule has 79 heavy (non-hydrogen) atoms. The van der Waals surface area contributed by atoms with Crippen LogP contribution in [0.2, 0.25) is 0 Å². The second kappa shape index (κ2) is 22.1. The Hall–Kier alpha value is -7.88. The Labute approximate surface area is 472 Å². The van der Waals surface area contributed by atoms with Crippen molar-refractivity contribution in [2.75, 3.05) is 16.8 Å². The van der Waals surface area contributed by atoms with Gasteiger partial charge in [0.15, 0.2) is 0 Å². The van der Waals surface area contributed by atoms with Gasteiger partial charge < -0.3 is 14.2 Å². The molecule has 0 amide bonds. The van der Waals surface area contributed by atoms with Crippen LogP contribution < -0.4 is 9.80 Å². The molecule has 3 aliphatic heterocycles. The molecule has 4 heterocycles. The zero-order valence-corrected chi connectivity index (χ0v) is 49.1. The first-order chi connectivity index (χ1) is 38.3. The SMILES string of the molecule is C=C.CC.CCCCC.Cc1ccc(-c2c(-c3ccc(C)cc3)c(-c3ccccc3)c(-c3cccc4c3oc3ccccc34)c3c2-c2ccc(cc2)C2(C)CCC(C)(C)c4cc5c(cc42)N(c2cc-3ccc2C)C(C)N5C)cc1. The number of unbranched alkanes of at least 4 members (excludes halogenated alkanes) is 2. The van der Waals surface area contributed by atoms with Crippen molar-refractivity contribution in [3.63, 3.8) is 0 Å². The van der Waals surface area contributed by atoms with E-state index in [9.17, 15) is 0 Å². The van der Waals surface area contributed by atoms with Crippen LogP contribution in [0.1, 0.15) is 121 Å². The molecule has 14 rings (SSSR count). The largest absolute Gasteiger partial charge is 0.455 e. The molecular weight excluding hydrogens is 957 g/mol. The molecule has 10 aromatic rings. The van der Waals surface area contributed by atoms with Gasteiger partial charge in [0.1, 0.15) is 17.3 Å². The first-order valence-electron chi connectivity index (χ1n) is 29.1. The second-order valence-corrected chi connectivity index (χ2v) is 22.8. The predicted molar refractivity (Wildman–Crippen MR) is 344 cm³/mol. The maximum absolute atomic E-state index is 7.12. The van der Waals surface area contributed by atoms with Crippen LogP contribution in [-0.2, 0) is 10.8 Å². The van der Waals surface area contributed by atoms with Crippen LogP contribution in [0.4, 0.5) is 17.1 Å². The monoisotopic (exact) mass is 1040 g/mol. The maximum Gasteiger partial charge on any atom is 0.143 e. The van der Waals surface area contributed by atoms with E-state index in [2.05, 4.69) is 268 Å². The Morgan fingerprint density at radius 3 is 1.61 bits per heavy atom. The number of rotatable bonds is 6. The number of fused-ring (bicyclic) bond motifs is 5. The zero-order chi connectivity index (χ0) is 55.9. The number of nitrogens with zero attached hydrogens (tertiary/aromatic N) is 2. The summed E-state index contributed by atoms with van der Waals surface area (Å²) in [4.78, 5) is 5.12. The molecule has 1 aliphatic carbocycles. The molecule has 1 aromatic heterocycles. The average molecular weight is 1040 g/mol. The molecule has 0 saturated heterocycles. The molecule has 3 heteroatoms. The summed E-state index contributed by atoms with van der Waals surface area (Å²) in [6.07, 6.45) is 6.34. The van der Waals surface area contributed by atoms with Crippen molar-refractivity contribution in [3.8, 4) is 66.8 Å². The first kappa shape index (κ1) is 54.5. The van der Waals surface area contributed by atoms with Gasteiger partial charge in [-0.3, -0.25) is 0 Å². The van der Waals surface area contributed by atoms with E-state index >= 15 is 0 Å². The van der Waals surface area contributed by atoms with E-state index in [1.54, 1.807) is 0 Å². The van der Waals surface area contributed by atoms with Crippen LogP contribution in [-0.4, -0.2) is 13.2 Å². The summed E-state index contributed by atoms with van der Waals surface area (Å²) in [5, 5.41) is 2.23. The number of furan rings is 1. The van der Waals surface area contributed by atoms with Crippen LogP contribution in [0.5, 0.6) is 0 Å². The standard InChI is InChI=1S/C67H58N2O.C5H12.C2H6.C2H4/c1-40-21-26-45(27-22-40)59-60(46-28-23-41(2)24-29-46)62(44-15-10-9-11-16-44)64(52-19-14-18-51-50-17-12-13-20-58(50)70-65(51)52)63-48-30-25-42(3)55(37-48)69-43(4)68(8)56-38-53-54(39-57(56)69)67(7,36-35-66(53,5)6)49-33-31-47(32-34-49)61(59)63;1-3-5-4-2;2*1-2/h9-34,37-39,43H,35-36H2,1-8H3;3-5H2,1-2H3;1-2H3;1-2H2. The highest BCUT2D eigenvalue weighted by Crippen LogP contribution is 2.60. The molecule has 6 bridgehead atoms. The minimum atomic E-state index is -0.190. The highest BCUT2D eigenvalue weighted by atomic mass is 16.3. The van der Waals surface area contributed by atoms with E-state index in [0.29, 0.717) is 0 Å². The minimum Gasteiger partial charge on any atom is -0.455 e. The molecule has 0 fully saturated rings. The molecule has 400 valence electrons. The summed E-state index contributed by atoms with van der Waals surface area (Å²) < 4.78 is 7.12. The van der Waals surface area contributed by atoms with Crippen molar-refractivity contribution < 1.29 is 4.42 Å². The Morgan fingerprint density at radius 1 is 0.506 bits per heavy atom. The lowest BCUT2D eigenvalue weighted by Gasteiger charge is -2.44. The number of benzene rings is 9. The topological polar surface area (TPSA) is 19.6 Å². The third kappa shape index (κ3) is 9.29. The number of aryl methyl sites for hydroxylation is 3. The lowest BCUT2D eigenvalue weighted by Crippen LogP contribution is -2.36. The molecule has 0 spiro atoms. The maximum atomic E-state index is 7.12. The van der Waals surface area contributed by atoms with Crippen molar-refractivity contribution in [1.29, 1.82) is 0 Å². The van der Waals surface area contributed by atoms with Crippen molar-refractivity contribution >= 4 is 39.0 Å². The van der Waals surface area contributed by atoms with Crippen molar-refractivity contribution in [2.24, 2.45) is 0 Å². The van der Waals surface area contributed by atoms with Gasteiger partial charge >= 0.3 is 0 Å². The van der Waals surface area contributed by atoms with Crippen LogP contribution >= 0.6 is 0 Å². The van der Waals surface area contributed by atoms with Gasteiger partial charge in [0.25, 0.3) is 0 Å². The third-order valence-electron chi connectivity index (χ3n) is 17.5. The van der Waals surface area contributed by atoms with Crippen LogP contribution in [0, 0.1) is 20.8 Å². The summed E-state index contributed by atoms with van der Waals surface area (Å²) in [7, 11) is 2.28. The van der Waals surface area contributed by atoms with Gasteiger partial charge in [-0.2, -0.15) is 0 Å². The summed E-state index contributed by atoms with van der Waals surface area (Å²) >= 11 is 0. The number of anilines is 3. The fourth-order valence-corrected chi connectivity index (χ4v) is 12.9. The van der Waals surface area contributed by atoms with E-state index in [1.807, 2.05) is 13.8 Å². The Kier molecular flexibility index (Phi) is 15.2. The van der Waals surface area contributed by atoms with Crippen molar-refractivity contribution in [2.45, 2.75) is 125 Å². The fourth-order valence-electron chi connectivity index (χ4n) is 12.9. The predicted octanol–water partition coefficient (Wildman–Crippen LogP) is 22.2. The van der Waals surface area contributed by atoms with Gasteiger partial charge in [-0.05, 0) is 148 Å². The summed E-state index contributed by atoms with van der Waals surface area (Å²) in [5.41, 5.74) is 27.5. The molecule has 0 N–H and O–H groups in total. The zero-order valence-electron chi connectivity index (χ0n) is 49.1. The molecule has 0 radical (unpaired) electrons. The van der Waals surface area contributed by atoms with Gasteiger partial charge in [0.05, 0.1) is 11.4 Å². The van der Waals surface area contributed by atoms with Crippen LogP contribution in [0.15, 0.2) is 193 Å². The van der Waals surface area contributed by atoms with E-state index in [-0.39, 0.29) is 17.0 Å². The second-order valence-electron chi connectivity index (χ2n) is 22.8. The molecule has 4 aliphatic rings. The van der Waals surface area contributed by atoms with E-state index in [4.69, 9.17) is 4.42 Å². The average Bonchev–Trinajstić information content (AvgIpc) is 3.93. The summed E-state index contributed by atoms with van der Waals surface area (Å²) in [5.74, 6) is 0. The quantitative estimate of drug-likeness (QED) is 0.155. The molecule has 9 aromatic carbocycles. The van der Waals surface area contributed by atoms with Gasteiger partial charge in [-0.15, -0.1) is 13.2 Å². The molecule has 2 unspecified atom stereocenters. The van der Waals surface area contributed by atoms with Gasteiger partial charge in [0.2, 0.25) is 0 Å². The van der Waals surface area contributed by atoms with Crippen LogP contribution in [0.25, 0.3) is 88.7 Å².